The van der Waals surface area contributed by atoms with Crippen LogP contribution in [0.15, 0.2) is 73.1 Å². The number of hydrogen-bond acceptors (Lipinski definition) is 3. The first-order valence-corrected chi connectivity index (χ1v) is 8.63. The molecule has 0 fully saturated rings. The summed E-state index contributed by atoms with van der Waals surface area (Å²) in [5.41, 5.74) is 1.71. The van der Waals surface area contributed by atoms with Gasteiger partial charge in [-0.1, -0.05) is 30.3 Å². The number of carbonyl (C=O) groups is 1. The lowest BCUT2D eigenvalue weighted by atomic mass is 10.1. The number of nitrogens with zero attached hydrogens (tertiary/aromatic N) is 1. The van der Waals surface area contributed by atoms with E-state index in [0.29, 0.717) is 17.8 Å². The van der Waals surface area contributed by atoms with Gasteiger partial charge < -0.3 is 10.6 Å². The van der Waals surface area contributed by atoms with Gasteiger partial charge in [0.25, 0.3) is 5.91 Å². The molecular weight excluding hydrogens is 367 g/mol. The summed E-state index contributed by atoms with van der Waals surface area (Å²) in [4.78, 5) is 16.4. The summed E-state index contributed by atoms with van der Waals surface area (Å²) >= 11 is 0. The van der Waals surface area contributed by atoms with Crippen molar-refractivity contribution in [1.29, 1.82) is 0 Å². The smallest absolute Gasteiger partial charge is 0.383 e. The second kappa shape index (κ2) is 8.56. The number of rotatable bonds is 6. The predicted molar refractivity (Wildman–Crippen MR) is 102 cm³/mol. The number of carbonyl (C=O) groups excluding carboxylic acids is 1. The Bertz CT molecular complexity index is 926. The summed E-state index contributed by atoms with van der Waals surface area (Å²) in [7, 11) is 0. The van der Waals surface area contributed by atoms with E-state index in [1.165, 1.54) is 23.9 Å². The number of hydrogen-bond donors (Lipinski definition) is 2. The number of aromatic nitrogens is 1. The molecule has 3 aromatic rings. The molecule has 7 heteroatoms. The molecule has 0 saturated heterocycles. The number of nitrogens with one attached hydrogen (secondary N) is 2. The van der Waals surface area contributed by atoms with Crippen molar-refractivity contribution in [2.45, 2.75) is 12.6 Å². The second-order valence-electron chi connectivity index (χ2n) is 6.15. The van der Waals surface area contributed by atoms with Crippen LogP contribution in [0.2, 0.25) is 0 Å². The summed E-state index contributed by atoms with van der Waals surface area (Å²) < 4.78 is 37.8. The van der Waals surface area contributed by atoms with E-state index >= 15 is 0 Å². The van der Waals surface area contributed by atoms with E-state index < -0.39 is 17.6 Å². The van der Waals surface area contributed by atoms with Crippen LogP contribution in [0.5, 0.6) is 0 Å². The first-order chi connectivity index (χ1) is 13.4. The van der Waals surface area contributed by atoms with Crippen molar-refractivity contribution in [3.8, 4) is 0 Å². The van der Waals surface area contributed by atoms with Crippen LogP contribution in [0.1, 0.15) is 21.5 Å². The molecule has 0 saturated carbocycles. The van der Waals surface area contributed by atoms with Crippen molar-refractivity contribution < 1.29 is 18.0 Å². The number of amides is 1. The van der Waals surface area contributed by atoms with Gasteiger partial charge in [-0.2, -0.15) is 13.2 Å². The van der Waals surface area contributed by atoms with E-state index in [4.69, 9.17) is 0 Å². The van der Waals surface area contributed by atoms with Gasteiger partial charge in [-0.05, 0) is 42.3 Å². The van der Waals surface area contributed by atoms with Gasteiger partial charge >= 0.3 is 6.18 Å². The molecule has 0 atom stereocenters. The fraction of sp³-hybridized carbons (Fsp3) is 0.143. The predicted octanol–water partition coefficient (Wildman–Crippen LogP) is 5.01. The van der Waals surface area contributed by atoms with Gasteiger partial charge in [-0.25, -0.2) is 0 Å². The molecule has 0 spiro atoms. The largest absolute Gasteiger partial charge is 0.416 e. The first-order valence-electron chi connectivity index (χ1n) is 8.63. The minimum absolute atomic E-state index is 0.278. The monoisotopic (exact) mass is 385 g/mol. The third-order valence-electron chi connectivity index (χ3n) is 4.06. The van der Waals surface area contributed by atoms with Crippen LogP contribution in [0.3, 0.4) is 0 Å². The van der Waals surface area contributed by atoms with E-state index in [1.54, 1.807) is 12.3 Å². The third kappa shape index (κ3) is 5.33. The van der Waals surface area contributed by atoms with Gasteiger partial charge in [0, 0.05) is 24.6 Å². The molecule has 0 radical (unpaired) electrons. The fourth-order valence-corrected chi connectivity index (χ4v) is 2.60. The molecule has 0 bridgehead atoms. The Labute approximate surface area is 160 Å². The number of benzene rings is 2. The highest BCUT2D eigenvalue weighted by molar-refractivity contribution is 6.04. The maximum atomic E-state index is 12.6. The highest BCUT2D eigenvalue weighted by Gasteiger charge is 2.30. The summed E-state index contributed by atoms with van der Waals surface area (Å²) in [5, 5.41) is 5.78. The number of halogens is 3. The van der Waals surface area contributed by atoms with Crippen molar-refractivity contribution in [1.82, 2.24) is 4.98 Å². The first kappa shape index (κ1) is 19.4. The zero-order valence-electron chi connectivity index (χ0n) is 14.8. The zero-order valence-corrected chi connectivity index (χ0v) is 14.8. The van der Waals surface area contributed by atoms with Crippen LogP contribution in [0.25, 0.3) is 0 Å². The van der Waals surface area contributed by atoms with Gasteiger partial charge in [0.1, 0.15) is 0 Å². The highest BCUT2D eigenvalue weighted by atomic mass is 19.4. The van der Waals surface area contributed by atoms with Crippen LogP contribution in [0.4, 0.5) is 24.5 Å². The molecule has 2 aromatic carbocycles. The molecule has 1 heterocycles. The fourth-order valence-electron chi connectivity index (χ4n) is 2.60. The molecule has 0 aliphatic rings. The molecule has 1 amide bonds. The SMILES string of the molecule is O=C(Nc1ccc(C(F)(F)F)cc1)c1cncc(NCCc2ccccc2)c1. The molecule has 2 N–H and O–H groups in total. The third-order valence-corrected chi connectivity index (χ3v) is 4.06. The Morgan fingerprint density at radius 2 is 1.64 bits per heavy atom. The Morgan fingerprint density at radius 1 is 0.929 bits per heavy atom. The van der Waals surface area contributed by atoms with Crippen LogP contribution >= 0.6 is 0 Å². The Hall–Kier alpha value is -3.35. The Balaban J connectivity index is 1.59. The Morgan fingerprint density at radius 3 is 2.32 bits per heavy atom. The van der Waals surface area contributed by atoms with E-state index in [-0.39, 0.29) is 5.69 Å². The van der Waals surface area contributed by atoms with Crippen LogP contribution in [-0.4, -0.2) is 17.4 Å². The second-order valence-corrected chi connectivity index (χ2v) is 6.15. The van der Waals surface area contributed by atoms with Gasteiger partial charge in [0.2, 0.25) is 0 Å². The van der Waals surface area contributed by atoms with Crippen molar-refractivity contribution in [3.05, 3.63) is 89.7 Å². The number of alkyl halides is 3. The van der Waals surface area contributed by atoms with Crippen molar-refractivity contribution in [3.63, 3.8) is 0 Å². The minimum Gasteiger partial charge on any atom is -0.383 e. The molecular formula is C21H18F3N3O. The summed E-state index contributed by atoms with van der Waals surface area (Å²) in [6.45, 7) is 0.676. The molecule has 0 aliphatic carbocycles. The summed E-state index contributed by atoms with van der Waals surface area (Å²) in [6, 6.07) is 15.9. The average molecular weight is 385 g/mol. The van der Waals surface area contributed by atoms with E-state index in [9.17, 15) is 18.0 Å². The number of pyridine rings is 1. The lowest BCUT2D eigenvalue weighted by molar-refractivity contribution is -0.137. The minimum atomic E-state index is -4.41. The zero-order chi connectivity index (χ0) is 20.0. The molecule has 3 rings (SSSR count). The quantitative estimate of drug-likeness (QED) is 0.627. The van der Waals surface area contributed by atoms with Gasteiger partial charge in [0.15, 0.2) is 0 Å². The molecule has 144 valence electrons. The van der Waals surface area contributed by atoms with Gasteiger partial charge in [-0.15, -0.1) is 0 Å². The highest BCUT2D eigenvalue weighted by Crippen LogP contribution is 2.29. The van der Waals surface area contributed by atoms with Crippen molar-refractivity contribution >= 4 is 17.3 Å². The molecule has 4 nitrogen and oxygen atoms in total. The van der Waals surface area contributed by atoms with E-state index in [2.05, 4.69) is 15.6 Å². The molecule has 28 heavy (non-hydrogen) atoms. The number of anilines is 2. The lowest BCUT2D eigenvalue weighted by Gasteiger charge is -2.10. The standard InChI is InChI=1S/C21H18F3N3O/c22-21(23,24)17-6-8-18(9-7-17)27-20(28)16-12-19(14-25-13-16)26-11-10-15-4-2-1-3-5-15/h1-9,12-14,26H,10-11H2,(H,27,28). The van der Waals surface area contributed by atoms with Gasteiger partial charge in [-0.3, -0.25) is 9.78 Å². The summed E-state index contributed by atoms with van der Waals surface area (Å²) in [6.07, 6.45) is -0.573. The lowest BCUT2D eigenvalue weighted by Crippen LogP contribution is -2.13. The van der Waals surface area contributed by atoms with Crippen LogP contribution in [0, 0.1) is 0 Å². The topological polar surface area (TPSA) is 54.0 Å². The van der Waals surface area contributed by atoms with Crippen molar-refractivity contribution in [2.24, 2.45) is 0 Å². The maximum absolute atomic E-state index is 12.6. The van der Waals surface area contributed by atoms with Crippen molar-refractivity contribution in [2.75, 3.05) is 17.2 Å². The Kier molecular flexibility index (Phi) is 5.93. The van der Waals surface area contributed by atoms with E-state index in [0.717, 1.165) is 18.6 Å². The van der Waals surface area contributed by atoms with Crippen LogP contribution < -0.4 is 10.6 Å². The van der Waals surface area contributed by atoms with E-state index in [1.807, 2.05) is 30.3 Å². The summed E-state index contributed by atoms with van der Waals surface area (Å²) in [5.74, 6) is -0.445. The molecule has 0 aliphatic heterocycles. The normalized spacial score (nSPS) is 11.1. The molecule has 1 aromatic heterocycles. The molecule has 0 unspecified atom stereocenters. The van der Waals surface area contributed by atoms with Crippen LogP contribution in [-0.2, 0) is 12.6 Å². The maximum Gasteiger partial charge on any atom is 0.416 e. The average Bonchev–Trinajstić information content (AvgIpc) is 2.69. The van der Waals surface area contributed by atoms with Gasteiger partial charge in [0.05, 0.1) is 16.8 Å².